The molecule has 0 atom stereocenters. The van der Waals surface area contributed by atoms with Crippen LogP contribution in [0.15, 0.2) is 24.8 Å². The topological polar surface area (TPSA) is 18.5 Å². The van der Waals surface area contributed by atoms with Gasteiger partial charge in [0, 0.05) is 5.56 Å². The smallest absolute Gasteiger partial charge is 0.168 e. The van der Waals surface area contributed by atoms with E-state index in [0.29, 0.717) is 13.2 Å². The Balaban J connectivity index is 3.06. The fraction of sp³-hybridized carbons (Fsp3) is 0.333. The van der Waals surface area contributed by atoms with Crippen molar-refractivity contribution in [1.29, 1.82) is 0 Å². The molecule has 1 aromatic rings. The molecule has 1 rings (SSSR count). The van der Waals surface area contributed by atoms with Crippen LogP contribution in [0.25, 0.3) is 6.08 Å². The van der Waals surface area contributed by atoms with E-state index in [1.807, 2.05) is 32.0 Å². The van der Waals surface area contributed by atoms with E-state index < -0.39 is 0 Å². The molecule has 2 nitrogen and oxygen atoms in total. The summed E-state index contributed by atoms with van der Waals surface area (Å²) < 4.78 is 11.0. The minimum absolute atomic E-state index is 0.630. The Morgan fingerprint density at radius 1 is 1.21 bits per heavy atom. The SMILES string of the molecule is C=Cc1cccc(OCC)c1OCC. The fourth-order valence-electron chi connectivity index (χ4n) is 1.26. The Hall–Kier alpha value is -1.44. The van der Waals surface area contributed by atoms with Crippen LogP contribution < -0.4 is 9.47 Å². The first kappa shape index (κ1) is 10.6. The zero-order valence-electron chi connectivity index (χ0n) is 8.75. The number of benzene rings is 1. The quantitative estimate of drug-likeness (QED) is 0.713. The maximum atomic E-state index is 5.52. The van der Waals surface area contributed by atoms with E-state index in [9.17, 15) is 0 Å². The predicted molar refractivity (Wildman–Crippen MR) is 58.9 cm³/mol. The van der Waals surface area contributed by atoms with Crippen molar-refractivity contribution in [3.63, 3.8) is 0 Å². The van der Waals surface area contributed by atoms with Crippen LogP contribution in [0.1, 0.15) is 19.4 Å². The second-order valence-corrected chi connectivity index (χ2v) is 2.74. The number of hydrogen-bond donors (Lipinski definition) is 0. The molecule has 1 aromatic carbocycles. The molecule has 0 spiro atoms. The Labute approximate surface area is 85.2 Å². The molecule has 0 N–H and O–H groups in total. The third-order valence-electron chi connectivity index (χ3n) is 1.82. The highest BCUT2D eigenvalue weighted by atomic mass is 16.5. The van der Waals surface area contributed by atoms with Gasteiger partial charge in [-0.3, -0.25) is 0 Å². The molecule has 0 aliphatic carbocycles. The second kappa shape index (κ2) is 5.32. The molecule has 0 saturated carbocycles. The molecule has 0 aromatic heterocycles. The van der Waals surface area contributed by atoms with Gasteiger partial charge in [-0.1, -0.05) is 24.8 Å². The normalized spacial score (nSPS) is 9.57. The summed E-state index contributed by atoms with van der Waals surface area (Å²) >= 11 is 0. The average molecular weight is 192 g/mol. The van der Waals surface area contributed by atoms with Crippen molar-refractivity contribution in [1.82, 2.24) is 0 Å². The van der Waals surface area contributed by atoms with E-state index in [-0.39, 0.29) is 0 Å². The third kappa shape index (κ3) is 2.28. The van der Waals surface area contributed by atoms with Gasteiger partial charge < -0.3 is 9.47 Å². The van der Waals surface area contributed by atoms with Gasteiger partial charge in [0.25, 0.3) is 0 Å². The van der Waals surface area contributed by atoms with Crippen molar-refractivity contribution in [2.24, 2.45) is 0 Å². The van der Waals surface area contributed by atoms with E-state index in [1.165, 1.54) is 0 Å². The van der Waals surface area contributed by atoms with Gasteiger partial charge in [0.1, 0.15) is 0 Å². The van der Waals surface area contributed by atoms with E-state index in [2.05, 4.69) is 6.58 Å². The molecule has 0 aliphatic rings. The molecule has 0 heterocycles. The summed E-state index contributed by atoms with van der Waals surface area (Å²) in [5, 5.41) is 0. The van der Waals surface area contributed by atoms with Crippen LogP contribution in [0.4, 0.5) is 0 Å². The van der Waals surface area contributed by atoms with Gasteiger partial charge in [0.15, 0.2) is 11.5 Å². The first-order chi connectivity index (χ1) is 6.83. The van der Waals surface area contributed by atoms with E-state index >= 15 is 0 Å². The highest BCUT2D eigenvalue weighted by Crippen LogP contribution is 2.31. The Morgan fingerprint density at radius 3 is 2.50 bits per heavy atom. The highest BCUT2D eigenvalue weighted by molar-refractivity contribution is 5.61. The molecule has 0 saturated heterocycles. The molecule has 76 valence electrons. The number of rotatable bonds is 5. The summed E-state index contributed by atoms with van der Waals surface area (Å²) in [6.45, 7) is 8.92. The second-order valence-electron chi connectivity index (χ2n) is 2.74. The molecule has 0 aliphatic heterocycles. The fourth-order valence-corrected chi connectivity index (χ4v) is 1.26. The van der Waals surface area contributed by atoms with Crippen LogP contribution in [0.2, 0.25) is 0 Å². The lowest BCUT2D eigenvalue weighted by atomic mass is 10.2. The van der Waals surface area contributed by atoms with Gasteiger partial charge in [-0.05, 0) is 19.9 Å². The maximum absolute atomic E-state index is 5.52. The summed E-state index contributed by atoms with van der Waals surface area (Å²) in [6, 6.07) is 5.80. The van der Waals surface area contributed by atoms with E-state index in [1.54, 1.807) is 6.08 Å². The van der Waals surface area contributed by atoms with Crippen molar-refractivity contribution in [3.8, 4) is 11.5 Å². The van der Waals surface area contributed by atoms with Crippen molar-refractivity contribution in [3.05, 3.63) is 30.3 Å². The molecule has 0 radical (unpaired) electrons. The summed E-state index contributed by atoms with van der Waals surface area (Å²) in [5.74, 6) is 1.57. The lowest BCUT2D eigenvalue weighted by molar-refractivity contribution is 0.287. The lowest BCUT2D eigenvalue weighted by Crippen LogP contribution is -1.99. The molecule has 0 bridgehead atoms. The van der Waals surface area contributed by atoms with Gasteiger partial charge in [-0.15, -0.1) is 0 Å². The van der Waals surface area contributed by atoms with Gasteiger partial charge in [0.05, 0.1) is 13.2 Å². The van der Waals surface area contributed by atoms with Crippen LogP contribution in [0.3, 0.4) is 0 Å². The molecule has 2 heteroatoms. The first-order valence-corrected chi connectivity index (χ1v) is 4.84. The Kier molecular flexibility index (Phi) is 4.05. The molecular weight excluding hydrogens is 176 g/mol. The molecule has 0 fully saturated rings. The van der Waals surface area contributed by atoms with Gasteiger partial charge in [-0.25, -0.2) is 0 Å². The minimum atomic E-state index is 0.630. The minimum Gasteiger partial charge on any atom is -0.490 e. The summed E-state index contributed by atoms with van der Waals surface area (Å²) in [7, 11) is 0. The predicted octanol–water partition coefficient (Wildman–Crippen LogP) is 3.13. The molecule has 0 unspecified atom stereocenters. The Bertz CT molecular complexity index is 305. The van der Waals surface area contributed by atoms with Crippen molar-refractivity contribution >= 4 is 6.08 Å². The largest absolute Gasteiger partial charge is 0.490 e. The van der Waals surface area contributed by atoms with Gasteiger partial charge in [-0.2, -0.15) is 0 Å². The first-order valence-electron chi connectivity index (χ1n) is 4.84. The number of ether oxygens (including phenoxy) is 2. The van der Waals surface area contributed by atoms with E-state index in [0.717, 1.165) is 17.1 Å². The third-order valence-corrected chi connectivity index (χ3v) is 1.82. The van der Waals surface area contributed by atoms with Crippen LogP contribution in [0.5, 0.6) is 11.5 Å². The summed E-state index contributed by atoms with van der Waals surface area (Å²) in [5.41, 5.74) is 0.970. The zero-order valence-corrected chi connectivity index (χ0v) is 8.75. The molecule has 14 heavy (non-hydrogen) atoms. The van der Waals surface area contributed by atoms with Crippen LogP contribution in [0, 0.1) is 0 Å². The van der Waals surface area contributed by atoms with Crippen molar-refractivity contribution < 1.29 is 9.47 Å². The van der Waals surface area contributed by atoms with Gasteiger partial charge in [0.2, 0.25) is 0 Å². The van der Waals surface area contributed by atoms with Crippen molar-refractivity contribution in [2.45, 2.75) is 13.8 Å². The number of para-hydroxylation sites is 1. The maximum Gasteiger partial charge on any atom is 0.168 e. The highest BCUT2D eigenvalue weighted by Gasteiger charge is 2.07. The summed E-state index contributed by atoms with van der Waals surface area (Å²) in [6.07, 6.45) is 1.77. The zero-order chi connectivity index (χ0) is 10.4. The van der Waals surface area contributed by atoms with E-state index in [4.69, 9.17) is 9.47 Å². The Morgan fingerprint density at radius 2 is 1.93 bits per heavy atom. The van der Waals surface area contributed by atoms with Crippen LogP contribution >= 0.6 is 0 Å². The summed E-state index contributed by atoms with van der Waals surface area (Å²) in [4.78, 5) is 0. The molecular formula is C12H16O2. The average Bonchev–Trinajstić information content (AvgIpc) is 2.21. The number of hydrogen-bond acceptors (Lipinski definition) is 2. The van der Waals surface area contributed by atoms with Crippen molar-refractivity contribution in [2.75, 3.05) is 13.2 Å². The lowest BCUT2D eigenvalue weighted by Gasteiger charge is -2.12. The monoisotopic (exact) mass is 192 g/mol. The van der Waals surface area contributed by atoms with Crippen LogP contribution in [-0.2, 0) is 0 Å². The van der Waals surface area contributed by atoms with Gasteiger partial charge >= 0.3 is 0 Å². The standard InChI is InChI=1S/C12H16O2/c1-4-10-8-7-9-11(13-5-2)12(10)14-6-3/h4,7-9H,1,5-6H2,2-3H3. The molecule has 0 amide bonds. The van der Waals surface area contributed by atoms with Crippen LogP contribution in [-0.4, -0.2) is 13.2 Å².